The number of aromatic nitrogens is 4. The number of rotatable bonds is 8. The number of halogens is 1. The lowest BCUT2D eigenvalue weighted by Crippen LogP contribution is -2.30. The Balaban J connectivity index is 1.78. The Morgan fingerprint density at radius 1 is 1.14 bits per heavy atom. The molecule has 35 heavy (non-hydrogen) atoms. The topological polar surface area (TPSA) is 87.7 Å². The molecule has 0 N–H and O–H groups in total. The molecule has 0 aliphatic rings. The van der Waals surface area contributed by atoms with Gasteiger partial charge in [0.05, 0.1) is 23.6 Å². The van der Waals surface area contributed by atoms with Gasteiger partial charge in [-0.25, -0.2) is 14.5 Å². The second-order valence-corrected chi connectivity index (χ2v) is 8.59. The number of nitrogens with zero attached hydrogens (tertiary/aromatic N) is 4. The second-order valence-electron chi connectivity index (χ2n) is 8.15. The van der Waals surface area contributed by atoms with Crippen LogP contribution in [-0.4, -0.2) is 37.8 Å². The van der Waals surface area contributed by atoms with Crippen molar-refractivity contribution in [2.24, 2.45) is 0 Å². The van der Waals surface area contributed by atoms with E-state index in [0.29, 0.717) is 39.8 Å². The van der Waals surface area contributed by atoms with E-state index in [1.54, 1.807) is 49.0 Å². The molecular weight excluding hydrogens is 468 g/mol. The number of carbonyl (C=O) groups is 1. The number of carbonyl (C=O) groups excluding carboxylic acids is 1. The average Bonchev–Trinajstić information content (AvgIpc) is 3.21. The van der Waals surface area contributed by atoms with Crippen LogP contribution in [0.25, 0.3) is 22.6 Å². The second kappa shape index (κ2) is 10.3. The van der Waals surface area contributed by atoms with Gasteiger partial charge in [-0.1, -0.05) is 24.9 Å². The predicted octanol–water partition coefficient (Wildman–Crippen LogP) is 4.93. The number of aryl methyl sites for hydroxylation is 2. The summed E-state index contributed by atoms with van der Waals surface area (Å²) < 4.78 is 14.3. The van der Waals surface area contributed by atoms with Crippen LogP contribution in [0.4, 0.5) is 0 Å². The fourth-order valence-electron chi connectivity index (χ4n) is 3.95. The molecule has 3 heterocycles. The van der Waals surface area contributed by atoms with Gasteiger partial charge in [-0.2, -0.15) is 5.10 Å². The molecule has 0 aliphatic carbocycles. The highest BCUT2D eigenvalue weighted by Gasteiger charge is 2.24. The lowest BCUT2D eigenvalue weighted by Gasteiger charge is -2.18. The van der Waals surface area contributed by atoms with Crippen LogP contribution in [0.1, 0.15) is 38.1 Å². The quantitative estimate of drug-likeness (QED) is 0.323. The first-order valence-corrected chi connectivity index (χ1v) is 11.9. The zero-order valence-corrected chi connectivity index (χ0v) is 20.9. The van der Waals surface area contributed by atoms with Crippen molar-refractivity contribution in [1.29, 1.82) is 0 Å². The van der Waals surface area contributed by atoms with Crippen molar-refractivity contribution in [3.63, 3.8) is 0 Å². The van der Waals surface area contributed by atoms with E-state index in [2.05, 4.69) is 10.1 Å². The number of ether oxygens (including phenoxy) is 2. The van der Waals surface area contributed by atoms with Crippen LogP contribution in [0.3, 0.4) is 0 Å². The predicted molar refractivity (Wildman–Crippen MR) is 134 cm³/mol. The van der Waals surface area contributed by atoms with Crippen molar-refractivity contribution in [3.05, 3.63) is 75.4 Å². The molecule has 182 valence electrons. The third-order valence-corrected chi connectivity index (χ3v) is 5.84. The molecule has 0 fully saturated rings. The molecule has 0 spiro atoms. The van der Waals surface area contributed by atoms with Crippen LogP contribution in [0.5, 0.6) is 5.75 Å². The minimum Gasteiger partial charge on any atom is -0.475 e. The van der Waals surface area contributed by atoms with E-state index in [9.17, 15) is 9.59 Å². The summed E-state index contributed by atoms with van der Waals surface area (Å²) >= 11 is 6.01. The smallest absolute Gasteiger partial charge is 0.347 e. The molecule has 0 amide bonds. The van der Waals surface area contributed by atoms with Gasteiger partial charge in [0.25, 0.3) is 5.56 Å². The third kappa shape index (κ3) is 4.93. The normalized spacial score (nSPS) is 12.0. The molecule has 0 radical (unpaired) electrons. The summed E-state index contributed by atoms with van der Waals surface area (Å²) in [6, 6.07) is 12.6. The first kappa shape index (κ1) is 24.5. The Morgan fingerprint density at radius 2 is 1.89 bits per heavy atom. The first-order chi connectivity index (χ1) is 16.8. The molecule has 0 aliphatic heterocycles. The van der Waals surface area contributed by atoms with Crippen molar-refractivity contribution in [1.82, 2.24) is 19.2 Å². The van der Waals surface area contributed by atoms with Crippen LogP contribution in [0, 0.1) is 13.8 Å². The molecule has 1 atom stereocenters. The van der Waals surface area contributed by atoms with Crippen molar-refractivity contribution < 1.29 is 14.3 Å². The summed E-state index contributed by atoms with van der Waals surface area (Å²) in [6.07, 6.45) is 2.08. The number of pyridine rings is 1. The summed E-state index contributed by atoms with van der Waals surface area (Å²) in [5.41, 5.74) is 3.17. The Hall–Kier alpha value is -3.65. The average molecular weight is 495 g/mol. The monoisotopic (exact) mass is 494 g/mol. The summed E-state index contributed by atoms with van der Waals surface area (Å²) in [4.78, 5) is 30.6. The highest BCUT2D eigenvalue weighted by Crippen LogP contribution is 2.25. The Kier molecular flexibility index (Phi) is 7.21. The van der Waals surface area contributed by atoms with Gasteiger partial charge in [-0.05, 0) is 69.7 Å². The van der Waals surface area contributed by atoms with Crippen molar-refractivity contribution in [2.45, 2.75) is 46.6 Å². The van der Waals surface area contributed by atoms with E-state index in [4.69, 9.17) is 21.1 Å². The summed E-state index contributed by atoms with van der Waals surface area (Å²) in [5.74, 6) is -0.0936. The molecule has 8 nitrogen and oxygen atoms in total. The van der Waals surface area contributed by atoms with Crippen molar-refractivity contribution in [3.8, 4) is 22.7 Å². The fourth-order valence-corrected chi connectivity index (χ4v) is 4.07. The van der Waals surface area contributed by atoms with Crippen LogP contribution in [0.2, 0.25) is 5.02 Å². The zero-order chi connectivity index (χ0) is 25.1. The van der Waals surface area contributed by atoms with Crippen LogP contribution in [0.15, 0.2) is 53.5 Å². The zero-order valence-electron chi connectivity index (χ0n) is 20.1. The Morgan fingerprint density at radius 3 is 2.57 bits per heavy atom. The van der Waals surface area contributed by atoms with Gasteiger partial charge in [0, 0.05) is 16.9 Å². The molecule has 9 heteroatoms. The molecule has 4 aromatic rings. The standard InChI is InChI=1S/C26H27ClN4O4/c1-5-8-22(26(33)34-6-2)35-21-9-7-14-30-24(21)28-17(4)23(25(30)32)20-15-16(3)31(29-20)19-12-10-18(27)11-13-19/h7,9-15,22H,5-6,8H2,1-4H3. The third-order valence-electron chi connectivity index (χ3n) is 5.58. The maximum absolute atomic E-state index is 13.6. The molecule has 0 saturated carbocycles. The maximum atomic E-state index is 13.6. The van der Waals surface area contributed by atoms with Crippen LogP contribution < -0.4 is 10.3 Å². The summed E-state index contributed by atoms with van der Waals surface area (Å²) in [5, 5.41) is 5.31. The van der Waals surface area contributed by atoms with Gasteiger partial charge in [0.1, 0.15) is 5.69 Å². The van der Waals surface area contributed by atoms with E-state index in [0.717, 1.165) is 17.8 Å². The summed E-state index contributed by atoms with van der Waals surface area (Å²) in [7, 11) is 0. The van der Waals surface area contributed by atoms with Crippen LogP contribution >= 0.6 is 11.6 Å². The fraction of sp³-hybridized carbons (Fsp3) is 0.308. The van der Waals surface area contributed by atoms with Crippen molar-refractivity contribution in [2.75, 3.05) is 6.61 Å². The molecule has 0 bridgehead atoms. The lowest BCUT2D eigenvalue weighted by molar-refractivity contribution is -0.151. The van der Waals surface area contributed by atoms with E-state index in [1.165, 1.54) is 4.40 Å². The van der Waals surface area contributed by atoms with Gasteiger partial charge in [-0.15, -0.1) is 0 Å². The lowest BCUT2D eigenvalue weighted by atomic mass is 10.1. The molecule has 1 aromatic carbocycles. The van der Waals surface area contributed by atoms with Crippen molar-refractivity contribution >= 4 is 23.2 Å². The van der Waals surface area contributed by atoms with E-state index in [1.807, 2.05) is 32.0 Å². The van der Waals surface area contributed by atoms with E-state index >= 15 is 0 Å². The SMILES string of the molecule is CCCC(Oc1cccn2c(=O)c(-c3cc(C)n(-c4ccc(Cl)cc4)n3)c(C)nc12)C(=O)OCC. The van der Waals surface area contributed by atoms with Gasteiger partial charge < -0.3 is 9.47 Å². The first-order valence-electron chi connectivity index (χ1n) is 11.5. The molecule has 4 rings (SSSR count). The Bertz CT molecular complexity index is 1430. The number of esters is 1. The van der Waals surface area contributed by atoms with E-state index in [-0.39, 0.29) is 12.2 Å². The van der Waals surface area contributed by atoms with Gasteiger partial charge in [0.15, 0.2) is 17.5 Å². The summed E-state index contributed by atoms with van der Waals surface area (Å²) in [6.45, 7) is 7.66. The van der Waals surface area contributed by atoms with E-state index < -0.39 is 12.1 Å². The maximum Gasteiger partial charge on any atom is 0.347 e. The number of fused-ring (bicyclic) bond motifs is 1. The number of hydrogen-bond donors (Lipinski definition) is 0. The van der Waals surface area contributed by atoms with Crippen LogP contribution in [-0.2, 0) is 9.53 Å². The molecule has 1 unspecified atom stereocenters. The minimum absolute atomic E-state index is 0.264. The minimum atomic E-state index is -0.777. The van der Waals surface area contributed by atoms with Gasteiger partial charge >= 0.3 is 5.97 Å². The number of benzene rings is 1. The highest BCUT2D eigenvalue weighted by molar-refractivity contribution is 6.30. The Labute approximate surface area is 208 Å². The number of hydrogen-bond acceptors (Lipinski definition) is 6. The largest absolute Gasteiger partial charge is 0.475 e. The molecule has 3 aromatic heterocycles. The van der Waals surface area contributed by atoms with Gasteiger partial charge in [-0.3, -0.25) is 9.20 Å². The highest BCUT2D eigenvalue weighted by atomic mass is 35.5. The van der Waals surface area contributed by atoms with Gasteiger partial charge in [0.2, 0.25) is 0 Å². The molecular formula is C26H27ClN4O4. The molecule has 0 saturated heterocycles.